The summed E-state index contributed by atoms with van der Waals surface area (Å²) < 4.78 is 0. The molecule has 1 aliphatic rings. The lowest BCUT2D eigenvalue weighted by molar-refractivity contribution is -0.129. The van der Waals surface area contributed by atoms with Gasteiger partial charge in [-0.1, -0.05) is 31.4 Å². The van der Waals surface area contributed by atoms with Gasteiger partial charge in [-0.3, -0.25) is 4.79 Å². The summed E-state index contributed by atoms with van der Waals surface area (Å²) in [6.07, 6.45) is 7.20. The Morgan fingerprint density at radius 2 is 1.94 bits per heavy atom. The molecule has 0 N–H and O–H groups in total. The summed E-state index contributed by atoms with van der Waals surface area (Å²) in [4.78, 5) is 12.3. The molecule has 0 aromatic carbocycles. The number of rotatable bonds is 5. The van der Waals surface area contributed by atoms with E-state index in [4.69, 9.17) is 0 Å². The summed E-state index contributed by atoms with van der Waals surface area (Å²) in [7, 11) is 0. The highest BCUT2D eigenvalue weighted by Gasteiger charge is 2.37. The third-order valence-electron chi connectivity index (χ3n) is 4.34. The second kappa shape index (κ2) is 5.65. The van der Waals surface area contributed by atoms with Gasteiger partial charge in [-0.15, -0.1) is 0 Å². The molecule has 0 saturated heterocycles. The molecular formula is C15H26O. The van der Waals surface area contributed by atoms with E-state index in [9.17, 15) is 4.79 Å². The van der Waals surface area contributed by atoms with Crippen molar-refractivity contribution in [3.8, 4) is 0 Å². The standard InChI is InChI=1S/C15H26O/c1-5-7-8-14(16)15(6-2)10-9-12(3)13(4)11-15/h5-11H2,1-4H3. The average Bonchev–Trinajstić information content (AvgIpc) is 2.29. The van der Waals surface area contributed by atoms with Crippen LogP contribution in [-0.2, 0) is 4.79 Å². The van der Waals surface area contributed by atoms with E-state index < -0.39 is 0 Å². The van der Waals surface area contributed by atoms with E-state index >= 15 is 0 Å². The zero-order valence-electron chi connectivity index (χ0n) is 11.4. The highest BCUT2D eigenvalue weighted by molar-refractivity contribution is 5.85. The number of carbonyl (C=O) groups is 1. The third kappa shape index (κ3) is 2.75. The van der Waals surface area contributed by atoms with Gasteiger partial charge in [0.15, 0.2) is 0 Å². The number of Topliss-reactive ketones (excluding diaryl/α,β-unsaturated/α-hetero) is 1. The molecule has 0 aromatic rings. The predicted octanol–water partition coefficient (Wildman–Crippen LogP) is 4.66. The minimum atomic E-state index is -0.0151. The Labute approximate surface area is 100 Å². The van der Waals surface area contributed by atoms with Crippen LogP contribution in [0.2, 0.25) is 0 Å². The van der Waals surface area contributed by atoms with Gasteiger partial charge in [-0.05, 0) is 46.0 Å². The Morgan fingerprint density at radius 3 is 2.44 bits per heavy atom. The van der Waals surface area contributed by atoms with Crippen LogP contribution in [-0.4, -0.2) is 5.78 Å². The molecule has 0 saturated carbocycles. The number of hydrogen-bond acceptors (Lipinski definition) is 1. The van der Waals surface area contributed by atoms with Crippen LogP contribution in [0.3, 0.4) is 0 Å². The van der Waals surface area contributed by atoms with E-state index in [0.29, 0.717) is 5.78 Å². The van der Waals surface area contributed by atoms with Gasteiger partial charge < -0.3 is 0 Å². The molecule has 0 radical (unpaired) electrons. The van der Waals surface area contributed by atoms with Gasteiger partial charge in [0, 0.05) is 11.8 Å². The fourth-order valence-electron chi connectivity index (χ4n) is 2.73. The first-order valence-electron chi connectivity index (χ1n) is 6.74. The molecule has 0 spiro atoms. The van der Waals surface area contributed by atoms with Crippen LogP contribution in [0.5, 0.6) is 0 Å². The number of carbonyl (C=O) groups excluding carboxylic acids is 1. The van der Waals surface area contributed by atoms with Gasteiger partial charge in [0.05, 0.1) is 0 Å². The molecular weight excluding hydrogens is 196 g/mol. The number of hydrogen-bond donors (Lipinski definition) is 0. The first-order chi connectivity index (χ1) is 7.55. The van der Waals surface area contributed by atoms with Crippen LogP contribution in [0.25, 0.3) is 0 Å². The molecule has 0 heterocycles. The fourth-order valence-corrected chi connectivity index (χ4v) is 2.73. The smallest absolute Gasteiger partial charge is 0.139 e. The maximum atomic E-state index is 12.3. The van der Waals surface area contributed by atoms with Crippen LogP contribution in [0, 0.1) is 5.41 Å². The normalized spacial score (nSPS) is 26.0. The van der Waals surface area contributed by atoms with Crippen molar-refractivity contribution in [3.63, 3.8) is 0 Å². The van der Waals surface area contributed by atoms with Crippen molar-refractivity contribution in [2.24, 2.45) is 5.41 Å². The van der Waals surface area contributed by atoms with Gasteiger partial charge in [-0.25, -0.2) is 0 Å². The molecule has 0 amide bonds. The maximum absolute atomic E-state index is 12.3. The van der Waals surface area contributed by atoms with E-state index in [0.717, 1.165) is 44.9 Å². The van der Waals surface area contributed by atoms with Crippen LogP contribution in [0.4, 0.5) is 0 Å². The van der Waals surface area contributed by atoms with E-state index in [1.807, 2.05) is 0 Å². The first kappa shape index (κ1) is 13.5. The highest BCUT2D eigenvalue weighted by Crippen LogP contribution is 2.43. The van der Waals surface area contributed by atoms with E-state index in [1.54, 1.807) is 0 Å². The molecule has 1 unspecified atom stereocenters. The molecule has 16 heavy (non-hydrogen) atoms. The van der Waals surface area contributed by atoms with Crippen molar-refractivity contribution < 1.29 is 4.79 Å². The number of allylic oxidation sites excluding steroid dienone is 2. The fraction of sp³-hybridized carbons (Fsp3) is 0.800. The monoisotopic (exact) mass is 222 g/mol. The quantitative estimate of drug-likeness (QED) is 0.618. The Kier molecular flexibility index (Phi) is 4.76. The van der Waals surface area contributed by atoms with E-state index in [1.165, 1.54) is 11.1 Å². The van der Waals surface area contributed by atoms with Crippen molar-refractivity contribution in [3.05, 3.63) is 11.1 Å². The highest BCUT2D eigenvalue weighted by atomic mass is 16.1. The summed E-state index contributed by atoms with van der Waals surface area (Å²) in [5.41, 5.74) is 2.95. The Bertz CT molecular complexity index is 288. The topological polar surface area (TPSA) is 17.1 Å². The minimum absolute atomic E-state index is 0.0151. The van der Waals surface area contributed by atoms with Gasteiger partial charge in [-0.2, -0.15) is 0 Å². The van der Waals surface area contributed by atoms with E-state index in [2.05, 4.69) is 27.7 Å². The van der Waals surface area contributed by atoms with Gasteiger partial charge in [0.2, 0.25) is 0 Å². The van der Waals surface area contributed by atoms with E-state index in [-0.39, 0.29) is 5.41 Å². The molecule has 1 nitrogen and oxygen atoms in total. The van der Waals surface area contributed by atoms with Crippen molar-refractivity contribution in [1.82, 2.24) is 0 Å². The summed E-state index contributed by atoms with van der Waals surface area (Å²) in [6.45, 7) is 8.75. The molecule has 92 valence electrons. The molecule has 0 aromatic heterocycles. The van der Waals surface area contributed by atoms with Crippen molar-refractivity contribution in [2.75, 3.05) is 0 Å². The number of ketones is 1. The molecule has 0 aliphatic heterocycles. The van der Waals surface area contributed by atoms with Crippen LogP contribution in [0.15, 0.2) is 11.1 Å². The van der Waals surface area contributed by atoms with Gasteiger partial charge >= 0.3 is 0 Å². The second-order valence-electron chi connectivity index (χ2n) is 5.40. The lowest BCUT2D eigenvalue weighted by atomic mass is 9.67. The Balaban J connectivity index is 2.76. The Morgan fingerprint density at radius 1 is 1.25 bits per heavy atom. The molecule has 1 rings (SSSR count). The molecule has 1 atom stereocenters. The zero-order chi connectivity index (χ0) is 12.2. The first-order valence-corrected chi connectivity index (χ1v) is 6.74. The Hall–Kier alpha value is -0.590. The van der Waals surface area contributed by atoms with Crippen molar-refractivity contribution >= 4 is 5.78 Å². The SMILES string of the molecule is CCCCC(=O)C1(CC)CCC(C)=C(C)C1. The lowest BCUT2D eigenvalue weighted by Gasteiger charge is -2.36. The number of unbranched alkanes of at least 4 members (excludes halogenated alkanes) is 1. The largest absolute Gasteiger partial charge is 0.299 e. The second-order valence-corrected chi connectivity index (χ2v) is 5.40. The minimum Gasteiger partial charge on any atom is -0.299 e. The molecule has 1 aliphatic carbocycles. The van der Waals surface area contributed by atoms with Crippen LogP contribution < -0.4 is 0 Å². The summed E-state index contributed by atoms with van der Waals surface area (Å²) >= 11 is 0. The molecule has 0 bridgehead atoms. The molecule has 1 heteroatoms. The lowest BCUT2D eigenvalue weighted by Crippen LogP contribution is -2.33. The molecule has 0 fully saturated rings. The van der Waals surface area contributed by atoms with Gasteiger partial charge in [0.1, 0.15) is 5.78 Å². The van der Waals surface area contributed by atoms with Crippen LogP contribution >= 0.6 is 0 Å². The maximum Gasteiger partial charge on any atom is 0.139 e. The summed E-state index contributed by atoms with van der Waals surface area (Å²) in [5.74, 6) is 0.517. The third-order valence-corrected chi connectivity index (χ3v) is 4.34. The van der Waals surface area contributed by atoms with Crippen LogP contribution in [0.1, 0.15) is 72.6 Å². The van der Waals surface area contributed by atoms with Gasteiger partial charge in [0.25, 0.3) is 0 Å². The zero-order valence-corrected chi connectivity index (χ0v) is 11.4. The predicted molar refractivity (Wildman–Crippen MR) is 69.5 cm³/mol. The van der Waals surface area contributed by atoms with Crippen molar-refractivity contribution in [2.45, 2.75) is 72.6 Å². The summed E-state index contributed by atoms with van der Waals surface area (Å²) in [5, 5.41) is 0. The summed E-state index contributed by atoms with van der Waals surface area (Å²) in [6, 6.07) is 0. The average molecular weight is 222 g/mol. The van der Waals surface area contributed by atoms with Crippen molar-refractivity contribution in [1.29, 1.82) is 0 Å².